The Morgan fingerprint density at radius 1 is 1.29 bits per heavy atom. The Morgan fingerprint density at radius 2 is 2.10 bits per heavy atom. The number of carbonyl (C=O) groups is 1. The van der Waals surface area contributed by atoms with E-state index in [-0.39, 0.29) is 5.91 Å². The predicted molar refractivity (Wildman–Crippen MR) is 85.6 cm³/mol. The zero-order chi connectivity index (χ0) is 15.2. The van der Waals surface area contributed by atoms with Gasteiger partial charge in [0.05, 0.1) is 0 Å². The Kier molecular flexibility index (Phi) is 5.43. The summed E-state index contributed by atoms with van der Waals surface area (Å²) < 4.78 is 5.72. The Labute approximate surface area is 127 Å². The van der Waals surface area contributed by atoms with Crippen molar-refractivity contribution in [3.05, 3.63) is 41.0 Å². The highest BCUT2D eigenvalue weighted by Gasteiger charge is 2.15. The van der Waals surface area contributed by atoms with Gasteiger partial charge in [-0.05, 0) is 69.7 Å². The molecule has 21 heavy (non-hydrogen) atoms. The molecule has 0 fully saturated rings. The minimum Gasteiger partial charge on any atom is -0.481 e. The van der Waals surface area contributed by atoms with Gasteiger partial charge in [-0.25, -0.2) is 0 Å². The third-order valence-electron chi connectivity index (χ3n) is 4.04. The summed E-state index contributed by atoms with van der Waals surface area (Å²) in [5.41, 5.74) is 3.74. The first-order valence-corrected chi connectivity index (χ1v) is 7.76. The third kappa shape index (κ3) is 4.62. The van der Waals surface area contributed by atoms with Crippen LogP contribution in [0.15, 0.2) is 29.8 Å². The normalized spacial score (nSPS) is 16.0. The maximum absolute atomic E-state index is 12.1. The van der Waals surface area contributed by atoms with Crippen molar-refractivity contribution in [2.45, 2.75) is 52.6 Å². The maximum atomic E-state index is 12.1. The molecule has 3 nitrogen and oxygen atoms in total. The summed E-state index contributed by atoms with van der Waals surface area (Å²) in [5, 5.41) is 2.97. The molecule has 0 radical (unpaired) electrons. The molecule has 0 aromatic heterocycles. The molecule has 3 heteroatoms. The van der Waals surface area contributed by atoms with Crippen LogP contribution in [0.4, 0.5) is 0 Å². The minimum absolute atomic E-state index is 0.0558. The fourth-order valence-electron chi connectivity index (χ4n) is 2.45. The first kappa shape index (κ1) is 15.6. The second-order valence-corrected chi connectivity index (χ2v) is 5.83. The number of aryl methyl sites for hydroxylation is 2. The standard InChI is InChI=1S/C18H25NO2/c1-13-9-10-17(11-14(13)2)21-15(3)18(20)19-12-16-7-5-4-6-8-16/h7,9-11,15H,4-6,8,12H2,1-3H3,(H,19,20). The molecule has 1 aliphatic carbocycles. The Hall–Kier alpha value is -1.77. The first-order valence-electron chi connectivity index (χ1n) is 7.76. The molecule has 1 aromatic rings. The average Bonchev–Trinajstić information content (AvgIpc) is 2.49. The van der Waals surface area contributed by atoms with Gasteiger partial charge in [0.1, 0.15) is 5.75 Å². The molecule has 0 saturated heterocycles. The maximum Gasteiger partial charge on any atom is 0.261 e. The van der Waals surface area contributed by atoms with Crippen molar-refractivity contribution in [1.82, 2.24) is 5.32 Å². The summed E-state index contributed by atoms with van der Waals surface area (Å²) in [5.74, 6) is 0.692. The molecule has 0 saturated carbocycles. The van der Waals surface area contributed by atoms with Crippen LogP contribution in [0.1, 0.15) is 43.7 Å². The Bertz CT molecular complexity index is 534. The lowest BCUT2D eigenvalue weighted by atomic mass is 10.00. The number of rotatable bonds is 5. The third-order valence-corrected chi connectivity index (χ3v) is 4.04. The van der Waals surface area contributed by atoms with Crippen molar-refractivity contribution < 1.29 is 9.53 Å². The van der Waals surface area contributed by atoms with E-state index in [2.05, 4.69) is 18.3 Å². The average molecular weight is 287 g/mol. The van der Waals surface area contributed by atoms with E-state index in [1.165, 1.54) is 29.5 Å². The van der Waals surface area contributed by atoms with Crippen LogP contribution in [0.2, 0.25) is 0 Å². The molecule has 1 unspecified atom stereocenters. The zero-order valence-electron chi connectivity index (χ0n) is 13.2. The second-order valence-electron chi connectivity index (χ2n) is 5.83. The van der Waals surface area contributed by atoms with Crippen molar-refractivity contribution in [2.75, 3.05) is 6.54 Å². The molecule has 2 rings (SSSR count). The molecular formula is C18H25NO2. The number of allylic oxidation sites excluding steroid dienone is 1. The van der Waals surface area contributed by atoms with Crippen molar-refractivity contribution in [3.63, 3.8) is 0 Å². The highest BCUT2D eigenvalue weighted by atomic mass is 16.5. The van der Waals surface area contributed by atoms with Crippen LogP contribution in [-0.4, -0.2) is 18.6 Å². The highest BCUT2D eigenvalue weighted by Crippen LogP contribution is 2.18. The number of hydrogen-bond acceptors (Lipinski definition) is 2. The van der Waals surface area contributed by atoms with Gasteiger partial charge in [0.2, 0.25) is 0 Å². The number of benzene rings is 1. The molecule has 1 aliphatic rings. The molecule has 1 amide bonds. The predicted octanol–water partition coefficient (Wildman–Crippen LogP) is 3.69. The minimum atomic E-state index is -0.476. The van der Waals surface area contributed by atoms with Gasteiger partial charge < -0.3 is 10.1 Å². The molecule has 0 aliphatic heterocycles. The zero-order valence-corrected chi connectivity index (χ0v) is 13.2. The summed E-state index contributed by atoms with van der Waals surface area (Å²) >= 11 is 0. The number of nitrogens with one attached hydrogen (secondary N) is 1. The SMILES string of the molecule is Cc1ccc(OC(C)C(=O)NCC2=CCCCC2)cc1C. The van der Waals surface area contributed by atoms with Gasteiger partial charge in [0, 0.05) is 6.54 Å². The summed E-state index contributed by atoms with van der Waals surface area (Å²) in [6.07, 6.45) is 6.52. The van der Waals surface area contributed by atoms with Crippen LogP contribution in [0.3, 0.4) is 0 Å². The van der Waals surface area contributed by atoms with Gasteiger partial charge in [0.25, 0.3) is 5.91 Å². The number of amides is 1. The van der Waals surface area contributed by atoms with E-state index < -0.39 is 6.10 Å². The second kappa shape index (κ2) is 7.30. The van der Waals surface area contributed by atoms with E-state index in [1.54, 1.807) is 6.92 Å². The van der Waals surface area contributed by atoms with Gasteiger partial charge in [-0.3, -0.25) is 4.79 Å². The van der Waals surface area contributed by atoms with Crippen molar-refractivity contribution in [2.24, 2.45) is 0 Å². The quantitative estimate of drug-likeness (QED) is 0.839. The fourth-order valence-corrected chi connectivity index (χ4v) is 2.45. The molecule has 1 aromatic carbocycles. The van der Waals surface area contributed by atoms with Crippen LogP contribution in [-0.2, 0) is 4.79 Å². The number of hydrogen-bond donors (Lipinski definition) is 1. The number of carbonyl (C=O) groups excluding carboxylic acids is 1. The Balaban J connectivity index is 1.84. The number of ether oxygens (including phenoxy) is 1. The molecule has 0 heterocycles. The van der Waals surface area contributed by atoms with Crippen LogP contribution in [0.25, 0.3) is 0 Å². The van der Waals surface area contributed by atoms with Gasteiger partial charge >= 0.3 is 0 Å². The smallest absolute Gasteiger partial charge is 0.261 e. The molecule has 1 N–H and O–H groups in total. The van der Waals surface area contributed by atoms with Crippen molar-refractivity contribution in [3.8, 4) is 5.75 Å². The summed E-state index contributed by atoms with van der Waals surface area (Å²) in [7, 11) is 0. The molecule has 114 valence electrons. The molecule has 1 atom stereocenters. The summed E-state index contributed by atoms with van der Waals surface area (Å²) in [6, 6.07) is 5.90. The van der Waals surface area contributed by atoms with E-state index in [4.69, 9.17) is 4.74 Å². The van der Waals surface area contributed by atoms with Gasteiger partial charge in [0.15, 0.2) is 6.10 Å². The van der Waals surface area contributed by atoms with E-state index in [0.717, 1.165) is 18.6 Å². The summed E-state index contributed by atoms with van der Waals surface area (Å²) in [6.45, 7) is 6.55. The van der Waals surface area contributed by atoms with E-state index in [9.17, 15) is 4.79 Å². The lowest BCUT2D eigenvalue weighted by Crippen LogP contribution is -2.37. The van der Waals surface area contributed by atoms with Crippen molar-refractivity contribution >= 4 is 5.91 Å². The fraction of sp³-hybridized carbons (Fsp3) is 0.500. The van der Waals surface area contributed by atoms with Crippen molar-refractivity contribution in [1.29, 1.82) is 0 Å². The van der Waals surface area contributed by atoms with E-state index in [0.29, 0.717) is 6.54 Å². The van der Waals surface area contributed by atoms with Gasteiger partial charge in [-0.1, -0.05) is 17.7 Å². The van der Waals surface area contributed by atoms with E-state index in [1.807, 2.05) is 25.1 Å². The van der Waals surface area contributed by atoms with Crippen LogP contribution >= 0.6 is 0 Å². The largest absolute Gasteiger partial charge is 0.481 e. The molecule has 0 spiro atoms. The molecular weight excluding hydrogens is 262 g/mol. The highest BCUT2D eigenvalue weighted by molar-refractivity contribution is 5.80. The summed E-state index contributed by atoms with van der Waals surface area (Å²) in [4.78, 5) is 12.1. The van der Waals surface area contributed by atoms with Gasteiger partial charge in [-0.15, -0.1) is 0 Å². The van der Waals surface area contributed by atoms with Crippen LogP contribution in [0, 0.1) is 13.8 Å². The topological polar surface area (TPSA) is 38.3 Å². The monoisotopic (exact) mass is 287 g/mol. The Morgan fingerprint density at radius 3 is 2.76 bits per heavy atom. The van der Waals surface area contributed by atoms with E-state index >= 15 is 0 Å². The lowest BCUT2D eigenvalue weighted by molar-refractivity contribution is -0.127. The first-order chi connectivity index (χ1) is 10.1. The molecule has 0 bridgehead atoms. The lowest BCUT2D eigenvalue weighted by Gasteiger charge is -2.17. The van der Waals surface area contributed by atoms with Crippen LogP contribution in [0.5, 0.6) is 5.75 Å². The van der Waals surface area contributed by atoms with Crippen LogP contribution < -0.4 is 10.1 Å². The van der Waals surface area contributed by atoms with Gasteiger partial charge in [-0.2, -0.15) is 0 Å².